The van der Waals surface area contributed by atoms with Crippen LogP contribution >= 0.6 is 23.2 Å². The Morgan fingerprint density at radius 2 is 1.59 bits per heavy atom. The van der Waals surface area contributed by atoms with Crippen molar-refractivity contribution in [2.24, 2.45) is 0 Å². The van der Waals surface area contributed by atoms with Crippen LogP contribution < -0.4 is 5.32 Å². The van der Waals surface area contributed by atoms with Gasteiger partial charge < -0.3 is 5.32 Å². The van der Waals surface area contributed by atoms with E-state index in [1.807, 2.05) is 0 Å². The molecule has 0 aliphatic heterocycles. The lowest BCUT2D eigenvalue weighted by Crippen LogP contribution is -2.19. The number of nitrogens with one attached hydrogen (secondary N) is 1. The molecule has 0 saturated heterocycles. The van der Waals surface area contributed by atoms with Crippen LogP contribution in [0.1, 0.15) is 26.9 Å². The van der Waals surface area contributed by atoms with E-state index in [0.29, 0.717) is 21.8 Å². The maximum Gasteiger partial charge on any atom is 0.246 e. The van der Waals surface area contributed by atoms with E-state index in [1.165, 1.54) is 30.3 Å². The molecule has 1 N–H and O–H groups in total. The smallest absolute Gasteiger partial charge is 0.246 e. The van der Waals surface area contributed by atoms with E-state index in [0.717, 1.165) is 0 Å². The van der Waals surface area contributed by atoms with Crippen molar-refractivity contribution in [1.82, 2.24) is 0 Å². The highest BCUT2D eigenvalue weighted by Gasteiger charge is 2.21. The highest BCUT2D eigenvalue weighted by Crippen LogP contribution is 2.27. The first-order chi connectivity index (χ1) is 13.0. The molecule has 0 aromatic heterocycles. The summed E-state index contributed by atoms with van der Waals surface area (Å²) in [7, 11) is 0. The molecule has 0 radical (unpaired) electrons. The summed E-state index contributed by atoms with van der Waals surface area (Å²) in [6.07, 6.45) is 0. The topological polar surface area (TPSA) is 46.2 Å². The Hall–Kier alpha value is -2.69. The number of benzene rings is 3. The molecular weight excluding hydrogens is 388 g/mol. The predicted molar refractivity (Wildman–Crippen MR) is 105 cm³/mol. The van der Waals surface area contributed by atoms with Gasteiger partial charge in [-0.25, -0.2) is 4.39 Å². The predicted octanol–water partition coefficient (Wildman–Crippen LogP) is 5.63. The van der Waals surface area contributed by atoms with E-state index in [-0.39, 0.29) is 11.3 Å². The number of halogens is 3. The number of alkyl halides is 1. The molecule has 0 fully saturated rings. The largest absolute Gasteiger partial charge is 0.324 e. The Labute approximate surface area is 165 Å². The molecule has 6 heteroatoms. The third-order valence-corrected chi connectivity index (χ3v) is 4.60. The first-order valence-electron chi connectivity index (χ1n) is 8.05. The third-order valence-electron chi connectivity index (χ3n) is 3.91. The number of amides is 1. The van der Waals surface area contributed by atoms with E-state index in [4.69, 9.17) is 23.2 Å². The highest BCUT2D eigenvalue weighted by molar-refractivity contribution is 6.33. The summed E-state index contributed by atoms with van der Waals surface area (Å²) in [5.74, 6) is -1.23. The summed E-state index contributed by atoms with van der Waals surface area (Å²) in [5, 5.41) is 1.99. The molecule has 1 amide bonds. The summed E-state index contributed by atoms with van der Waals surface area (Å²) >= 11 is 12.2. The molecule has 0 heterocycles. The highest BCUT2D eigenvalue weighted by atomic mass is 35.5. The van der Waals surface area contributed by atoms with Crippen LogP contribution in [0.2, 0.25) is 5.02 Å². The number of carbonyl (C=O) groups is 2. The summed E-state index contributed by atoms with van der Waals surface area (Å²) < 4.78 is 13.0. The monoisotopic (exact) mass is 401 g/mol. The fourth-order valence-corrected chi connectivity index (χ4v) is 2.91. The maximum atomic E-state index is 13.0. The van der Waals surface area contributed by atoms with Gasteiger partial charge in [0.25, 0.3) is 0 Å². The number of hydrogen-bond acceptors (Lipinski definition) is 2. The number of anilines is 1. The van der Waals surface area contributed by atoms with Gasteiger partial charge in [-0.05, 0) is 35.9 Å². The standard InChI is InChI=1S/C21H14Cl2FNO2/c22-15-8-11-18(17(12-15)20(26)14-4-2-1-3-5-14)25-21(27)19(23)13-6-9-16(24)10-7-13/h1-12,19H,(H,25,27). The Bertz CT molecular complexity index is 975. The Morgan fingerprint density at radius 1 is 0.926 bits per heavy atom. The number of ketones is 1. The SMILES string of the molecule is O=C(c1ccccc1)c1cc(Cl)ccc1NC(=O)C(Cl)c1ccc(F)cc1. The van der Waals surface area contributed by atoms with Crippen LogP contribution in [0.25, 0.3) is 0 Å². The zero-order chi connectivity index (χ0) is 19.4. The number of hydrogen-bond donors (Lipinski definition) is 1. The summed E-state index contributed by atoms with van der Waals surface area (Å²) in [6, 6.07) is 18.6. The summed E-state index contributed by atoms with van der Waals surface area (Å²) in [5.41, 5.74) is 1.47. The van der Waals surface area contributed by atoms with Crippen molar-refractivity contribution in [1.29, 1.82) is 0 Å². The molecule has 27 heavy (non-hydrogen) atoms. The quantitative estimate of drug-likeness (QED) is 0.444. The van der Waals surface area contributed by atoms with E-state index in [1.54, 1.807) is 42.5 Å². The van der Waals surface area contributed by atoms with Gasteiger partial charge in [-0.2, -0.15) is 0 Å². The average molecular weight is 402 g/mol. The van der Waals surface area contributed by atoms with Gasteiger partial charge in [0.05, 0.1) is 5.69 Å². The molecule has 0 saturated carbocycles. The molecular formula is C21H14Cl2FNO2. The fourth-order valence-electron chi connectivity index (χ4n) is 2.54. The van der Waals surface area contributed by atoms with Crippen LogP contribution in [0.5, 0.6) is 0 Å². The molecule has 1 atom stereocenters. The van der Waals surface area contributed by atoms with Gasteiger partial charge in [0.15, 0.2) is 5.78 Å². The van der Waals surface area contributed by atoms with Crippen molar-refractivity contribution in [3.63, 3.8) is 0 Å². The molecule has 0 spiro atoms. The zero-order valence-corrected chi connectivity index (χ0v) is 15.5. The lowest BCUT2D eigenvalue weighted by molar-refractivity contribution is -0.116. The van der Waals surface area contributed by atoms with Gasteiger partial charge in [-0.15, -0.1) is 11.6 Å². The number of rotatable bonds is 5. The van der Waals surface area contributed by atoms with Crippen LogP contribution in [-0.2, 0) is 4.79 Å². The molecule has 0 aliphatic carbocycles. The van der Waals surface area contributed by atoms with Gasteiger partial charge in [0.1, 0.15) is 11.2 Å². The van der Waals surface area contributed by atoms with Crippen LogP contribution in [0.4, 0.5) is 10.1 Å². The molecule has 0 aliphatic rings. The molecule has 3 rings (SSSR count). The van der Waals surface area contributed by atoms with Gasteiger partial charge in [-0.3, -0.25) is 9.59 Å². The minimum Gasteiger partial charge on any atom is -0.324 e. The van der Waals surface area contributed by atoms with Crippen molar-refractivity contribution in [3.05, 3.63) is 100 Å². The lowest BCUT2D eigenvalue weighted by Gasteiger charge is -2.14. The summed E-state index contributed by atoms with van der Waals surface area (Å²) in [4.78, 5) is 25.3. The lowest BCUT2D eigenvalue weighted by atomic mass is 10.0. The second-order valence-corrected chi connectivity index (χ2v) is 6.66. The first-order valence-corrected chi connectivity index (χ1v) is 8.87. The molecule has 3 nitrogen and oxygen atoms in total. The van der Waals surface area contributed by atoms with Crippen LogP contribution in [0.15, 0.2) is 72.8 Å². The summed E-state index contributed by atoms with van der Waals surface area (Å²) in [6.45, 7) is 0. The van der Waals surface area contributed by atoms with Crippen LogP contribution in [-0.4, -0.2) is 11.7 Å². The van der Waals surface area contributed by atoms with Crippen molar-refractivity contribution in [2.45, 2.75) is 5.38 Å². The number of carbonyl (C=O) groups excluding carboxylic acids is 2. The van der Waals surface area contributed by atoms with Crippen molar-refractivity contribution in [2.75, 3.05) is 5.32 Å². The average Bonchev–Trinajstić information content (AvgIpc) is 2.69. The third kappa shape index (κ3) is 4.54. The Morgan fingerprint density at radius 3 is 2.26 bits per heavy atom. The van der Waals surface area contributed by atoms with Gasteiger partial charge in [-0.1, -0.05) is 54.1 Å². The second kappa shape index (κ2) is 8.33. The molecule has 136 valence electrons. The maximum absolute atomic E-state index is 13.0. The minimum absolute atomic E-state index is 0.255. The van der Waals surface area contributed by atoms with E-state index < -0.39 is 17.1 Å². The Balaban J connectivity index is 1.87. The van der Waals surface area contributed by atoms with Gasteiger partial charge >= 0.3 is 0 Å². The van der Waals surface area contributed by atoms with E-state index in [9.17, 15) is 14.0 Å². The van der Waals surface area contributed by atoms with Crippen LogP contribution in [0, 0.1) is 5.82 Å². The van der Waals surface area contributed by atoms with Crippen molar-refractivity contribution >= 4 is 40.6 Å². The Kier molecular flexibility index (Phi) is 5.89. The van der Waals surface area contributed by atoms with Crippen molar-refractivity contribution in [3.8, 4) is 0 Å². The zero-order valence-electron chi connectivity index (χ0n) is 14.0. The normalized spacial score (nSPS) is 11.7. The molecule has 3 aromatic rings. The minimum atomic E-state index is -1.04. The first kappa shape index (κ1) is 19.1. The molecule has 1 unspecified atom stereocenters. The van der Waals surface area contributed by atoms with E-state index in [2.05, 4.69) is 5.32 Å². The fraction of sp³-hybridized carbons (Fsp3) is 0.0476. The van der Waals surface area contributed by atoms with Crippen LogP contribution in [0.3, 0.4) is 0 Å². The molecule has 3 aromatic carbocycles. The van der Waals surface area contributed by atoms with Gasteiger partial charge in [0, 0.05) is 16.1 Å². The van der Waals surface area contributed by atoms with E-state index >= 15 is 0 Å². The van der Waals surface area contributed by atoms with Crippen molar-refractivity contribution < 1.29 is 14.0 Å². The molecule has 0 bridgehead atoms. The van der Waals surface area contributed by atoms with Gasteiger partial charge in [0.2, 0.25) is 5.91 Å². The second-order valence-electron chi connectivity index (χ2n) is 5.79.